The van der Waals surface area contributed by atoms with Gasteiger partial charge in [0.15, 0.2) is 0 Å². The molecule has 0 spiro atoms. The molecule has 0 saturated carbocycles. The normalized spacial score (nSPS) is 21.8. The number of anilines is 1. The van der Waals surface area contributed by atoms with Crippen LogP contribution in [0.1, 0.15) is 12.5 Å². The highest BCUT2D eigenvalue weighted by Crippen LogP contribution is 2.21. The van der Waals surface area contributed by atoms with Gasteiger partial charge in [-0.25, -0.2) is 4.39 Å². The molecule has 1 fully saturated rings. The van der Waals surface area contributed by atoms with Gasteiger partial charge in [-0.15, -0.1) is 0 Å². The molecule has 0 amide bonds. The summed E-state index contributed by atoms with van der Waals surface area (Å²) in [4.78, 5) is 2.11. The molecule has 1 N–H and O–H groups in total. The van der Waals surface area contributed by atoms with Gasteiger partial charge in [0.1, 0.15) is 5.82 Å². The number of benzene rings is 1. The Labute approximate surface area is 90.1 Å². The quantitative estimate of drug-likeness (QED) is 0.758. The highest BCUT2D eigenvalue weighted by molar-refractivity contribution is 5.49. The lowest BCUT2D eigenvalue weighted by atomic mass is 10.1. The van der Waals surface area contributed by atoms with Crippen molar-refractivity contribution in [1.29, 1.82) is 0 Å². The molecule has 3 heteroatoms. The van der Waals surface area contributed by atoms with Gasteiger partial charge in [-0.1, -0.05) is 6.07 Å². The summed E-state index contributed by atoms with van der Waals surface area (Å²) in [6.45, 7) is 6.71. The molecule has 2 rings (SSSR count). The summed E-state index contributed by atoms with van der Waals surface area (Å²) >= 11 is 0. The Kier molecular flexibility index (Phi) is 2.91. The van der Waals surface area contributed by atoms with Crippen molar-refractivity contribution in [2.24, 2.45) is 0 Å². The van der Waals surface area contributed by atoms with Crippen molar-refractivity contribution in [2.45, 2.75) is 19.9 Å². The molecular weight excluding hydrogens is 191 g/mol. The van der Waals surface area contributed by atoms with Crippen molar-refractivity contribution >= 4 is 5.69 Å². The molecule has 1 unspecified atom stereocenters. The maximum Gasteiger partial charge on any atom is 0.146 e. The number of nitrogens with one attached hydrogen (secondary N) is 1. The van der Waals surface area contributed by atoms with Crippen LogP contribution >= 0.6 is 0 Å². The first-order valence-electron chi connectivity index (χ1n) is 5.41. The summed E-state index contributed by atoms with van der Waals surface area (Å²) in [6.07, 6.45) is 0. The molecule has 1 aromatic rings. The van der Waals surface area contributed by atoms with E-state index in [-0.39, 0.29) is 5.82 Å². The van der Waals surface area contributed by atoms with Gasteiger partial charge >= 0.3 is 0 Å². The van der Waals surface area contributed by atoms with Gasteiger partial charge in [0.25, 0.3) is 0 Å². The Morgan fingerprint density at radius 1 is 1.47 bits per heavy atom. The highest BCUT2D eigenvalue weighted by Gasteiger charge is 2.18. The fourth-order valence-electron chi connectivity index (χ4n) is 2.02. The van der Waals surface area contributed by atoms with Crippen LogP contribution in [0.25, 0.3) is 0 Å². The Hall–Kier alpha value is -1.09. The van der Waals surface area contributed by atoms with E-state index in [1.165, 1.54) is 0 Å². The standard InChI is InChI=1S/C12H17FN2/c1-9-3-4-12(11(13)7-9)15-6-5-14-10(2)8-15/h3-4,7,10,14H,5-6,8H2,1-2H3. The minimum Gasteiger partial charge on any atom is -0.366 e. The van der Waals surface area contributed by atoms with Gasteiger partial charge in [0, 0.05) is 25.7 Å². The predicted octanol–water partition coefficient (Wildman–Crippen LogP) is 1.93. The van der Waals surface area contributed by atoms with Crippen molar-refractivity contribution in [1.82, 2.24) is 5.32 Å². The van der Waals surface area contributed by atoms with E-state index < -0.39 is 0 Å². The number of hydrogen-bond acceptors (Lipinski definition) is 2. The number of aryl methyl sites for hydroxylation is 1. The third-order valence-electron chi connectivity index (χ3n) is 2.81. The van der Waals surface area contributed by atoms with Crippen LogP contribution in [-0.2, 0) is 0 Å². The molecule has 0 aromatic heterocycles. The van der Waals surface area contributed by atoms with Crippen molar-refractivity contribution in [2.75, 3.05) is 24.5 Å². The van der Waals surface area contributed by atoms with Gasteiger partial charge in [-0.3, -0.25) is 0 Å². The van der Waals surface area contributed by atoms with Gasteiger partial charge in [0.05, 0.1) is 5.69 Å². The van der Waals surface area contributed by atoms with Crippen LogP contribution in [0.2, 0.25) is 0 Å². The summed E-state index contributed by atoms with van der Waals surface area (Å²) in [7, 11) is 0. The van der Waals surface area contributed by atoms with E-state index >= 15 is 0 Å². The third kappa shape index (κ3) is 2.29. The van der Waals surface area contributed by atoms with Gasteiger partial charge < -0.3 is 10.2 Å². The average Bonchev–Trinajstić information content (AvgIpc) is 2.17. The van der Waals surface area contributed by atoms with Crippen LogP contribution in [0.4, 0.5) is 10.1 Å². The van der Waals surface area contributed by atoms with Crippen molar-refractivity contribution in [3.63, 3.8) is 0 Å². The largest absolute Gasteiger partial charge is 0.366 e. The van der Waals surface area contributed by atoms with Crippen LogP contribution in [0, 0.1) is 12.7 Å². The number of hydrogen-bond donors (Lipinski definition) is 1. The van der Waals surface area contributed by atoms with Gasteiger partial charge in [0.2, 0.25) is 0 Å². The lowest BCUT2D eigenvalue weighted by molar-refractivity contribution is 0.478. The van der Waals surface area contributed by atoms with E-state index in [2.05, 4.69) is 17.1 Å². The Bertz CT molecular complexity index is 351. The summed E-state index contributed by atoms with van der Waals surface area (Å²) in [5.74, 6) is -0.107. The van der Waals surface area contributed by atoms with E-state index in [1.54, 1.807) is 6.07 Å². The summed E-state index contributed by atoms with van der Waals surface area (Å²) < 4.78 is 13.7. The zero-order valence-corrected chi connectivity index (χ0v) is 9.26. The van der Waals surface area contributed by atoms with Crippen molar-refractivity contribution < 1.29 is 4.39 Å². The molecule has 1 aliphatic rings. The van der Waals surface area contributed by atoms with E-state index in [0.717, 1.165) is 30.9 Å². The SMILES string of the molecule is Cc1ccc(N2CCNC(C)C2)c(F)c1. The first kappa shape index (κ1) is 10.4. The topological polar surface area (TPSA) is 15.3 Å². The smallest absolute Gasteiger partial charge is 0.146 e. The molecule has 1 aliphatic heterocycles. The lowest BCUT2D eigenvalue weighted by Crippen LogP contribution is -2.49. The maximum atomic E-state index is 13.7. The van der Waals surface area contributed by atoms with Crippen LogP contribution in [0.15, 0.2) is 18.2 Å². The molecule has 1 heterocycles. The minimum atomic E-state index is -0.107. The van der Waals surface area contributed by atoms with Crippen LogP contribution in [0.5, 0.6) is 0 Å². The molecule has 0 aliphatic carbocycles. The van der Waals surface area contributed by atoms with E-state index in [0.29, 0.717) is 6.04 Å². The fourth-order valence-corrected chi connectivity index (χ4v) is 2.02. The molecule has 1 saturated heterocycles. The Morgan fingerprint density at radius 2 is 2.27 bits per heavy atom. The maximum absolute atomic E-state index is 13.7. The second-order valence-electron chi connectivity index (χ2n) is 4.26. The monoisotopic (exact) mass is 208 g/mol. The summed E-state index contributed by atoms with van der Waals surface area (Å²) in [5, 5.41) is 3.35. The van der Waals surface area contributed by atoms with E-state index in [1.807, 2.05) is 19.1 Å². The molecule has 0 bridgehead atoms. The second kappa shape index (κ2) is 4.19. The number of piperazine rings is 1. The summed E-state index contributed by atoms with van der Waals surface area (Å²) in [5.41, 5.74) is 1.70. The number of rotatable bonds is 1. The highest BCUT2D eigenvalue weighted by atomic mass is 19.1. The molecule has 2 nitrogen and oxygen atoms in total. The first-order chi connectivity index (χ1) is 7.16. The predicted molar refractivity (Wildman–Crippen MR) is 60.8 cm³/mol. The first-order valence-corrected chi connectivity index (χ1v) is 5.41. The van der Waals surface area contributed by atoms with Crippen molar-refractivity contribution in [3.05, 3.63) is 29.6 Å². The zero-order valence-electron chi connectivity index (χ0n) is 9.26. The molecule has 1 atom stereocenters. The molecule has 1 aromatic carbocycles. The lowest BCUT2D eigenvalue weighted by Gasteiger charge is -2.33. The Morgan fingerprint density at radius 3 is 2.93 bits per heavy atom. The van der Waals surface area contributed by atoms with E-state index in [4.69, 9.17) is 0 Å². The summed E-state index contributed by atoms with van der Waals surface area (Å²) in [6, 6.07) is 5.87. The Balaban J connectivity index is 2.21. The minimum absolute atomic E-state index is 0.107. The van der Waals surface area contributed by atoms with Crippen LogP contribution in [0.3, 0.4) is 0 Å². The fraction of sp³-hybridized carbons (Fsp3) is 0.500. The number of halogens is 1. The van der Waals surface area contributed by atoms with Crippen molar-refractivity contribution in [3.8, 4) is 0 Å². The molecular formula is C12H17FN2. The van der Waals surface area contributed by atoms with Crippen LogP contribution < -0.4 is 10.2 Å². The average molecular weight is 208 g/mol. The van der Waals surface area contributed by atoms with Crippen LogP contribution in [-0.4, -0.2) is 25.7 Å². The van der Waals surface area contributed by atoms with E-state index in [9.17, 15) is 4.39 Å². The zero-order chi connectivity index (χ0) is 10.8. The second-order valence-corrected chi connectivity index (χ2v) is 4.26. The van der Waals surface area contributed by atoms with Gasteiger partial charge in [-0.2, -0.15) is 0 Å². The molecule has 15 heavy (non-hydrogen) atoms. The molecule has 0 radical (unpaired) electrons. The van der Waals surface area contributed by atoms with Gasteiger partial charge in [-0.05, 0) is 31.5 Å². The number of nitrogens with zero attached hydrogens (tertiary/aromatic N) is 1. The third-order valence-corrected chi connectivity index (χ3v) is 2.81. The molecule has 82 valence electrons.